The number of nitriles is 1. The van der Waals surface area contributed by atoms with Gasteiger partial charge in [-0.15, -0.1) is 0 Å². The minimum Gasteiger partial charge on any atom is -0.339 e. The fourth-order valence-electron chi connectivity index (χ4n) is 4.09. The number of benzene rings is 3. The molecule has 3 aromatic carbocycles. The Labute approximate surface area is 207 Å². The van der Waals surface area contributed by atoms with Crippen molar-refractivity contribution in [3.63, 3.8) is 0 Å². The molecule has 2 aliphatic heterocycles. The van der Waals surface area contributed by atoms with Gasteiger partial charge in [-0.2, -0.15) is 18.4 Å². The molecule has 5 rings (SSSR count). The molecular weight excluding hydrogens is 491 g/mol. The molecule has 0 bridgehead atoms. The summed E-state index contributed by atoms with van der Waals surface area (Å²) in [6, 6.07) is 15.8. The van der Waals surface area contributed by atoms with Crippen molar-refractivity contribution in [2.75, 3.05) is 0 Å². The van der Waals surface area contributed by atoms with Gasteiger partial charge in [0.2, 0.25) is 0 Å². The fourth-order valence-corrected chi connectivity index (χ4v) is 4.09. The first-order chi connectivity index (χ1) is 17.7. The van der Waals surface area contributed by atoms with E-state index in [0.717, 1.165) is 23.2 Å². The Balaban J connectivity index is 1.68. The van der Waals surface area contributed by atoms with Crippen LogP contribution in [0.25, 0.3) is 17.0 Å². The number of fused-ring (bicyclic) bond motifs is 1. The summed E-state index contributed by atoms with van der Waals surface area (Å²) in [7, 11) is 0. The Bertz CT molecular complexity index is 1560. The largest absolute Gasteiger partial charge is 0.417 e. The predicted molar refractivity (Wildman–Crippen MR) is 125 cm³/mol. The van der Waals surface area contributed by atoms with Crippen LogP contribution in [0, 0.1) is 23.0 Å². The third kappa shape index (κ3) is 4.43. The van der Waals surface area contributed by atoms with Crippen LogP contribution < -0.4 is 10.7 Å². The molecule has 0 atom stereocenters. The lowest BCUT2D eigenvalue weighted by Gasteiger charge is -2.36. The van der Waals surface area contributed by atoms with Crippen LogP contribution in [0.15, 0.2) is 84.7 Å². The smallest absolute Gasteiger partial charge is 0.339 e. The monoisotopic (exact) mass is 506 g/mol. The van der Waals surface area contributed by atoms with Crippen molar-refractivity contribution in [2.24, 2.45) is 0 Å². The minimum atomic E-state index is -4.74. The van der Waals surface area contributed by atoms with Crippen LogP contribution in [0.2, 0.25) is 0 Å². The number of hydrazine groups is 1. The topological polar surface area (TPSA) is 68.2 Å². The van der Waals surface area contributed by atoms with Gasteiger partial charge >= 0.3 is 6.18 Å². The molecule has 0 saturated heterocycles. The van der Waals surface area contributed by atoms with Gasteiger partial charge in [-0.3, -0.25) is 10.2 Å². The van der Waals surface area contributed by atoms with Crippen molar-refractivity contribution in [2.45, 2.75) is 6.18 Å². The Morgan fingerprint density at radius 1 is 0.892 bits per heavy atom. The SMILES string of the molecule is N#Cc1ccc(C2=CC(=O)N3NC(c4ccccc4C(F)(F)F)=C(c4ccc(F)cc4F)C=C3N2)cc1. The maximum atomic E-state index is 14.9. The maximum absolute atomic E-state index is 14.9. The summed E-state index contributed by atoms with van der Waals surface area (Å²) >= 11 is 0. The highest BCUT2D eigenvalue weighted by molar-refractivity contribution is 6.03. The molecule has 2 N–H and O–H groups in total. The molecule has 0 radical (unpaired) electrons. The normalized spacial score (nSPS) is 15.2. The zero-order valence-electron chi connectivity index (χ0n) is 18.7. The summed E-state index contributed by atoms with van der Waals surface area (Å²) in [5.41, 5.74) is 2.34. The first-order valence-electron chi connectivity index (χ1n) is 10.8. The van der Waals surface area contributed by atoms with E-state index in [1.54, 1.807) is 24.3 Å². The van der Waals surface area contributed by atoms with Crippen molar-refractivity contribution in [1.82, 2.24) is 15.8 Å². The molecule has 37 heavy (non-hydrogen) atoms. The average Bonchev–Trinajstić information content (AvgIpc) is 2.87. The van der Waals surface area contributed by atoms with Crippen molar-refractivity contribution in [3.05, 3.63) is 124 Å². The van der Waals surface area contributed by atoms with Gasteiger partial charge in [0.15, 0.2) is 0 Å². The molecule has 5 nitrogen and oxygen atoms in total. The van der Waals surface area contributed by atoms with Gasteiger partial charge in [-0.1, -0.05) is 30.3 Å². The average molecular weight is 506 g/mol. The summed E-state index contributed by atoms with van der Waals surface area (Å²) in [4.78, 5) is 13.0. The number of nitrogens with zero attached hydrogens (tertiary/aromatic N) is 2. The standard InChI is InChI=1S/C27H15F5N4O/c28-17-9-10-18(22(29)11-17)20-12-24-34-23(16-7-5-15(14-33)6-8-16)13-25(37)36(24)35-26(20)19-3-1-2-4-21(19)27(30,31)32/h1-13,34-35H. The number of nitrogens with one attached hydrogen (secondary N) is 2. The number of carbonyl (C=O) groups is 1. The molecule has 2 heterocycles. The molecule has 0 unspecified atom stereocenters. The zero-order valence-corrected chi connectivity index (χ0v) is 18.7. The van der Waals surface area contributed by atoms with E-state index < -0.39 is 29.3 Å². The highest BCUT2D eigenvalue weighted by Crippen LogP contribution is 2.40. The van der Waals surface area contributed by atoms with E-state index in [4.69, 9.17) is 5.26 Å². The molecule has 2 aliphatic rings. The zero-order chi connectivity index (χ0) is 26.3. The molecule has 0 fully saturated rings. The molecule has 3 aromatic rings. The van der Waals surface area contributed by atoms with Gasteiger partial charge in [0.25, 0.3) is 5.91 Å². The van der Waals surface area contributed by atoms with E-state index in [-0.39, 0.29) is 28.2 Å². The van der Waals surface area contributed by atoms with Crippen LogP contribution in [-0.4, -0.2) is 10.9 Å². The number of carbonyl (C=O) groups excluding carboxylic acids is 1. The summed E-state index contributed by atoms with van der Waals surface area (Å²) in [5, 5.41) is 13.0. The third-order valence-electron chi connectivity index (χ3n) is 5.81. The van der Waals surface area contributed by atoms with E-state index in [0.29, 0.717) is 22.9 Å². The Hall–Kier alpha value is -4.91. The van der Waals surface area contributed by atoms with Crippen LogP contribution >= 0.6 is 0 Å². The van der Waals surface area contributed by atoms with Gasteiger partial charge in [0.05, 0.1) is 28.6 Å². The summed E-state index contributed by atoms with van der Waals surface area (Å²) < 4.78 is 70.1. The second kappa shape index (κ2) is 8.95. The van der Waals surface area contributed by atoms with Gasteiger partial charge in [-0.05, 0) is 42.0 Å². The van der Waals surface area contributed by atoms with E-state index in [2.05, 4.69) is 10.7 Å². The molecule has 0 aromatic heterocycles. The van der Waals surface area contributed by atoms with Crippen LogP contribution in [0.1, 0.15) is 27.8 Å². The number of alkyl halides is 3. The first-order valence-corrected chi connectivity index (χ1v) is 10.8. The number of hydrogen-bond donors (Lipinski definition) is 2. The van der Waals surface area contributed by atoms with Gasteiger partial charge in [0.1, 0.15) is 17.5 Å². The lowest BCUT2D eigenvalue weighted by atomic mass is 9.94. The number of hydrogen-bond acceptors (Lipinski definition) is 4. The molecule has 0 aliphatic carbocycles. The highest BCUT2D eigenvalue weighted by atomic mass is 19.4. The lowest BCUT2D eigenvalue weighted by molar-refractivity contribution is -0.137. The van der Waals surface area contributed by atoms with Crippen LogP contribution in [0.4, 0.5) is 22.0 Å². The van der Waals surface area contributed by atoms with Crippen molar-refractivity contribution in [1.29, 1.82) is 5.26 Å². The van der Waals surface area contributed by atoms with Crippen molar-refractivity contribution >= 4 is 22.9 Å². The van der Waals surface area contributed by atoms with E-state index in [9.17, 15) is 26.7 Å². The summed E-state index contributed by atoms with van der Waals surface area (Å²) in [6.07, 6.45) is -2.18. The van der Waals surface area contributed by atoms with E-state index in [1.807, 2.05) is 6.07 Å². The second-order valence-electron chi connectivity index (χ2n) is 8.14. The van der Waals surface area contributed by atoms with Crippen LogP contribution in [0.5, 0.6) is 0 Å². The second-order valence-corrected chi connectivity index (χ2v) is 8.14. The Morgan fingerprint density at radius 2 is 1.62 bits per heavy atom. The van der Waals surface area contributed by atoms with Gasteiger partial charge < -0.3 is 5.32 Å². The molecule has 10 heteroatoms. The number of rotatable bonds is 3. The van der Waals surface area contributed by atoms with Crippen molar-refractivity contribution < 1.29 is 26.7 Å². The highest BCUT2D eigenvalue weighted by Gasteiger charge is 2.37. The summed E-state index contributed by atoms with van der Waals surface area (Å²) in [6.45, 7) is 0. The molecule has 184 valence electrons. The third-order valence-corrected chi connectivity index (χ3v) is 5.81. The van der Waals surface area contributed by atoms with Crippen molar-refractivity contribution in [3.8, 4) is 6.07 Å². The quantitative estimate of drug-likeness (QED) is 0.457. The lowest BCUT2D eigenvalue weighted by Crippen LogP contribution is -2.49. The van der Waals surface area contributed by atoms with Crippen LogP contribution in [0.3, 0.4) is 0 Å². The number of amides is 1. The predicted octanol–water partition coefficient (Wildman–Crippen LogP) is 5.56. The molecule has 0 saturated carbocycles. The van der Waals surface area contributed by atoms with Gasteiger partial charge in [0, 0.05) is 28.8 Å². The summed E-state index contributed by atoms with van der Waals surface area (Å²) in [5.74, 6) is -2.34. The Morgan fingerprint density at radius 3 is 2.30 bits per heavy atom. The maximum Gasteiger partial charge on any atom is 0.417 e. The number of allylic oxidation sites excluding steroid dienone is 2. The molecular formula is C27H15F5N4O. The molecule has 1 amide bonds. The fraction of sp³-hybridized carbons (Fsp3) is 0.0370. The number of halogens is 5. The van der Waals surface area contributed by atoms with E-state index >= 15 is 0 Å². The molecule has 0 spiro atoms. The minimum absolute atomic E-state index is 0.0261. The van der Waals surface area contributed by atoms with E-state index in [1.165, 1.54) is 30.4 Å². The Kier molecular flexibility index (Phi) is 5.76. The first kappa shape index (κ1) is 23.8. The van der Waals surface area contributed by atoms with Crippen LogP contribution in [-0.2, 0) is 11.0 Å². The van der Waals surface area contributed by atoms with Gasteiger partial charge in [-0.25, -0.2) is 13.8 Å².